The van der Waals surface area contributed by atoms with Gasteiger partial charge in [0.05, 0.1) is 11.6 Å². The number of carbonyl (C=O) groups excluding carboxylic acids is 1. The molecule has 1 fully saturated rings. The molecule has 0 aliphatic heterocycles. The van der Waals surface area contributed by atoms with Crippen LogP contribution in [0.25, 0.3) is 0 Å². The summed E-state index contributed by atoms with van der Waals surface area (Å²) in [5.41, 5.74) is 1.03. The van der Waals surface area contributed by atoms with Gasteiger partial charge in [-0.15, -0.1) is 0 Å². The maximum atomic E-state index is 12.4. The van der Waals surface area contributed by atoms with Crippen LogP contribution in [0.1, 0.15) is 18.4 Å². The van der Waals surface area contributed by atoms with Gasteiger partial charge >= 0.3 is 12.0 Å². The van der Waals surface area contributed by atoms with Gasteiger partial charge in [-0.2, -0.15) is 5.26 Å². The summed E-state index contributed by atoms with van der Waals surface area (Å²) in [6, 6.07) is 8.32. The zero-order valence-corrected chi connectivity index (χ0v) is 11.1. The van der Waals surface area contributed by atoms with Crippen molar-refractivity contribution in [2.45, 2.75) is 18.9 Å². The Labute approximate surface area is 116 Å². The number of benzene rings is 1. The molecule has 104 valence electrons. The maximum Gasteiger partial charge on any atom is 0.324 e. The minimum atomic E-state index is -1.02. The first kappa shape index (κ1) is 13.9. The van der Waals surface area contributed by atoms with E-state index in [-0.39, 0.29) is 18.6 Å². The minimum Gasteiger partial charge on any atom is -0.480 e. The average molecular weight is 273 g/mol. The van der Waals surface area contributed by atoms with E-state index in [1.807, 2.05) is 6.07 Å². The number of rotatable bonds is 4. The lowest BCUT2D eigenvalue weighted by atomic mass is 10.2. The average Bonchev–Trinajstić information content (AvgIpc) is 3.27. The van der Waals surface area contributed by atoms with E-state index in [0.717, 1.165) is 12.8 Å². The molecular formula is C14H15N3O3. The Bertz CT molecular complexity index is 575. The number of aliphatic carboxylic acids is 1. The Hall–Kier alpha value is -2.55. The predicted molar refractivity (Wildman–Crippen MR) is 72.3 cm³/mol. The number of urea groups is 1. The van der Waals surface area contributed by atoms with E-state index in [1.165, 1.54) is 9.80 Å². The van der Waals surface area contributed by atoms with Crippen LogP contribution in [0.5, 0.6) is 0 Å². The van der Waals surface area contributed by atoms with Crippen molar-refractivity contribution in [2.24, 2.45) is 0 Å². The summed E-state index contributed by atoms with van der Waals surface area (Å²) < 4.78 is 0. The lowest BCUT2D eigenvalue weighted by molar-refractivity contribution is -0.137. The molecule has 0 aromatic heterocycles. The molecule has 1 saturated carbocycles. The molecule has 6 nitrogen and oxygen atoms in total. The highest BCUT2D eigenvalue weighted by Gasteiger charge is 2.35. The molecule has 1 aliphatic carbocycles. The van der Waals surface area contributed by atoms with Crippen molar-refractivity contribution in [3.8, 4) is 6.07 Å². The molecule has 0 atom stereocenters. The van der Waals surface area contributed by atoms with Crippen LogP contribution in [-0.2, 0) is 4.79 Å². The first-order valence-electron chi connectivity index (χ1n) is 6.29. The van der Waals surface area contributed by atoms with Crippen LogP contribution in [0, 0.1) is 11.3 Å². The fraction of sp³-hybridized carbons (Fsp3) is 0.357. The molecule has 1 aromatic rings. The number of anilines is 1. The Kier molecular flexibility index (Phi) is 3.89. The molecule has 0 unspecified atom stereocenters. The van der Waals surface area contributed by atoms with Gasteiger partial charge in [0.15, 0.2) is 0 Å². The predicted octanol–water partition coefficient (Wildman–Crippen LogP) is 1.66. The second-order valence-electron chi connectivity index (χ2n) is 4.76. The minimum absolute atomic E-state index is 0.0141. The Balaban J connectivity index is 2.17. The summed E-state index contributed by atoms with van der Waals surface area (Å²) >= 11 is 0. The largest absolute Gasteiger partial charge is 0.480 e. The highest BCUT2D eigenvalue weighted by Crippen LogP contribution is 2.28. The monoisotopic (exact) mass is 273 g/mol. The van der Waals surface area contributed by atoms with Crippen molar-refractivity contribution >= 4 is 17.7 Å². The van der Waals surface area contributed by atoms with Gasteiger partial charge in [0.2, 0.25) is 0 Å². The van der Waals surface area contributed by atoms with Gasteiger partial charge in [-0.05, 0) is 31.0 Å². The van der Waals surface area contributed by atoms with Crippen LogP contribution in [0.4, 0.5) is 10.5 Å². The number of carboxylic acid groups (broad SMARTS) is 1. The molecule has 1 aliphatic rings. The number of carbonyl (C=O) groups is 2. The van der Waals surface area contributed by atoms with E-state index in [2.05, 4.69) is 0 Å². The maximum absolute atomic E-state index is 12.4. The van der Waals surface area contributed by atoms with Gasteiger partial charge in [0.1, 0.15) is 6.54 Å². The Morgan fingerprint density at radius 2 is 2.15 bits per heavy atom. The van der Waals surface area contributed by atoms with E-state index in [4.69, 9.17) is 10.4 Å². The summed E-state index contributed by atoms with van der Waals surface area (Å²) in [5, 5.41) is 17.8. The molecule has 20 heavy (non-hydrogen) atoms. The van der Waals surface area contributed by atoms with Crippen LogP contribution < -0.4 is 4.90 Å². The fourth-order valence-electron chi connectivity index (χ4n) is 1.97. The molecule has 0 saturated heterocycles. The van der Waals surface area contributed by atoms with Crippen molar-refractivity contribution in [2.75, 3.05) is 18.5 Å². The zero-order chi connectivity index (χ0) is 14.7. The van der Waals surface area contributed by atoms with E-state index < -0.39 is 5.97 Å². The van der Waals surface area contributed by atoms with Crippen LogP contribution in [0.3, 0.4) is 0 Å². The van der Waals surface area contributed by atoms with Gasteiger partial charge in [-0.1, -0.05) is 6.07 Å². The second-order valence-corrected chi connectivity index (χ2v) is 4.76. The van der Waals surface area contributed by atoms with Crippen LogP contribution in [0.2, 0.25) is 0 Å². The standard InChI is InChI=1S/C14H15N3O3/c1-16(12-4-2-3-10(7-12)8-15)14(20)17(9-13(18)19)11-5-6-11/h2-4,7,11H,5-6,9H2,1H3,(H,18,19). The summed E-state index contributed by atoms with van der Waals surface area (Å²) in [6.07, 6.45) is 1.68. The van der Waals surface area contributed by atoms with Crippen LogP contribution >= 0.6 is 0 Å². The first-order valence-corrected chi connectivity index (χ1v) is 6.29. The van der Waals surface area contributed by atoms with Crippen molar-refractivity contribution in [1.82, 2.24) is 4.90 Å². The second kappa shape index (κ2) is 5.61. The summed E-state index contributed by atoms with van der Waals surface area (Å²) in [5.74, 6) is -1.02. The molecule has 0 bridgehead atoms. The van der Waals surface area contributed by atoms with Crippen molar-refractivity contribution in [1.29, 1.82) is 5.26 Å². The summed E-state index contributed by atoms with van der Waals surface area (Å²) in [6.45, 7) is -0.300. The fourth-order valence-corrected chi connectivity index (χ4v) is 1.97. The lowest BCUT2D eigenvalue weighted by Crippen LogP contribution is -2.45. The molecular weight excluding hydrogens is 258 g/mol. The lowest BCUT2D eigenvalue weighted by Gasteiger charge is -2.27. The van der Waals surface area contributed by atoms with E-state index in [1.54, 1.807) is 31.3 Å². The van der Waals surface area contributed by atoms with E-state index >= 15 is 0 Å². The number of nitriles is 1. The molecule has 1 aromatic carbocycles. The number of nitrogens with zero attached hydrogens (tertiary/aromatic N) is 3. The number of carboxylic acids is 1. The third-order valence-electron chi connectivity index (χ3n) is 3.19. The zero-order valence-electron chi connectivity index (χ0n) is 11.1. The smallest absolute Gasteiger partial charge is 0.324 e. The molecule has 2 amide bonds. The molecule has 0 radical (unpaired) electrons. The van der Waals surface area contributed by atoms with Crippen molar-refractivity contribution in [3.63, 3.8) is 0 Å². The third-order valence-corrected chi connectivity index (χ3v) is 3.19. The molecule has 2 rings (SSSR count). The highest BCUT2D eigenvalue weighted by molar-refractivity contribution is 5.93. The van der Waals surface area contributed by atoms with E-state index in [0.29, 0.717) is 11.3 Å². The molecule has 6 heteroatoms. The molecule has 0 heterocycles. The normalized spacial score (nSPS) is 13.4. The highest BCUT2D eigenvalue weighted by atomic mass is 16.4. The van der Waals surface area contributed by atoms with Gasteiger partial charge < -0.3 is 10.0 Å². The van der Waals surface area contributed by atoms with E-state index in [9.17, 15) is 9.59 Å². The molecule has 0 spiro atoms. The van der Waals surface area contributed by atoms with Crippen LogP contribution in [-0.4, -0.2) is 41.6 Å². The van der Waals surface area contributed by atoms with Gasteiger partial charge in [-0.3, -0.25) is 9.69 Å². The van der Waals surface area contributed by atoms with Crippen molar-refractivity contribution in [3.05, 3.63) is 29.8 Å². The Morgan fingerprint density at radius 3 is 2.70 bits per heavy atom. The van der Waals surface area contributed by atoms with Gasteiger partial charge in [0.25, 0.3) is 0 Å². The van der Waals surface area contributed by atoms with Gasteiger partial charge in [-0.25, -0.2) is 4.79 Å². The molecule has 1 N–H and O–H groups in total. The quantitative estimate of drug-likeness (QED) is 0.904. The van der Waals surface area contributed by atoms with Crippen LogP contribution in [0.15, 0.2) is 24.3 Å². The van der Waals surface area contributed by atoms with Crippen molar-refractivity contribution < 1.29 is 14.7 Å². The summed E-state index contributed by atoms with van der Waals surface area (Å²) in [7, 11) is 1.58. The van der Waals surface area contributed by atoms with Gasteiger partial charge in [0, 0.05) is 18.8 Å². The topological polar surface area (TPSA) is 84.6 Å². The number of hydrogen-bond donors (Lipinski definition) is 1. The number of amides is 2. The Morgan fingerprint density at radius 1 is 1.45 bits per heavy atom. The first-order chi connectivity index (χ1) is 9.52. The third kappa shape index (κ3) is 3.06. The summed E-state index contributed by atoms with van der Waals surface area (Å²) in [4.78, 5) is 26.0. The number of hydrogen-bond acceptors (Lipinski definition) is 3. The SMILES string of the molecule is CN(C(=O)N(CC(=O)O)C1CC1)c1cccc(C#N)c1.